The number of anilines is 1. The lowest BCUT2D eigenvalue weighted by atomic mass is 10.1. The predicted octanol–water partition coefficient (Wildman–Crippen LogP) is 0.182. The van der Waals surface area contributed by atoms with E-state index in [4.69, 9.17) is 17.3 Å². The number of halogens is 5. The number of carbonyl (C=O) groups excluding carboxylic acids is 1. The van der Waals surface area contributed by atoms with Gasteiger partial charge < -0.3 is 35.0 Å². The lowest BCUT2D eigenvalue weighted by molar-refractivity contribution is -0.694. The molecule has 25 heavy (non-hydrogen) atoms. The number of pyridine rings is 1. The molecule has 0 atom stereocenters. The maximum absolute atomic E-state index is 12.9. The zero-order valence-corrected chi connectivity index (χ0v) is 16.1. The second kappa shape index (κ2) is 8.70. The molecule has 3 N–H and O–H groups in total. The van der Waals surface area contributed by atoms with Gasteiger partial charge in [0.05, 0.1) is 16.8 Å². The number of aromatic nitrogens is 1. The zero-order chi connectivity index (χ0) is 17.9. The molecule has 0 radical (unpaired) electrons. The molecule has 0 unspecified atom stereocenters. The highest BCUT2D eigenvalue weighted by Gasteiger charge is 2.35. The standard InChI is InChI=1S/C16H15ClF3N3O.HI/c1-2-23-5-3-4-10(9-23)8-22-15(24)12-6-11(17)7-13(14(12)21)16(18,19)20;/h3-7,9H,2,8H2,1H3,(H2-,21,22,24);1H. The maximum atomic E-state index is 12.9. The number of nitrogens with one attached hydrogen (secondary N) is 1. The Balaban J connectivity index is 0.00000312. The quantitative estimate of drug-likeness (QED) is 0.369. The van der Waals surface area contributed by atoms with E-state index in [0.29, 0.717) is 6.07 Å². The van der Waals surface area contributed by atoms with Crippen molar-refractivity contribution in [1.29, 1.82) is 0 Å². The molecular weight excluding hydrogens is 470 g/mol. The Morgan fingerprint density at radius 3 is 2.64 bits per heavy atom. The van der Waals surface area contributed by atoms with Crippen molar-refractivity contribution in [3.05, 3.63) is 58.4 Å². The van der Waals surface area contributed by atoms with Crippen LogP contribution in [0.3, 0.4) is 0 Å². The summed E-state index contributed by atoms with van der Waals surface area (Å²) in [5.74, 6) is -0.715. The molecule has 1 heterocycles. The second-order valence-corrected chi connectivity index (χ2v) is 5.57. The van der Waals surface area contributed by atoms with Gasteiger partial charge in [-0.05, 0) is 25.1 Å². The first-order valence-electron chi connectivity index (χ1n) is 7.14. The molecule has 0 fully saturated rings. The lowest BCUT2D eigenvalue weighted by Crippen LogP contribution is -3.00. The average molecular weight is 486 g/mol. The molecule has 0 aliphatic rings. The van der Waals surface area contributed by atoms with Gasteiger partial charge in [-0.1, -0.05) is 11.6 Å². The van der Waals surface area contributed by atoms with Gasteiger partial charge in [-0.25, -0.2) is 4.57 Å². The number of nitrogens with zero attached hydrogens (tertiary/aromatic N) is 1. The van der Waals surface area contributed by atoms with E-state index in [2.05, 4.69) is 5.32 Å². The third-order valence-corrected chi connectivity index (χ3v) is 3.65. The maximum Gasteiger partial charge on any atom is 0.418 e. The van der Waals surface area contributed by atoms with Gasteiger partial charge in [0, 0.05) is 23.2 Å². The molecule has 0 aliphatic heterocycles. The number of carbonyl (C=O) groups is 1. The average Bonchev–Trinajstić information content (AvgIpc) is 2.53. The minimum absolute atomic E-state index is 0. The van der Waals surface area contributed by atoms with E-state index in [1.807, 2.05) is 30.0 Å². The van der Waals surface area contributed by atoms with E-state index in [0.717, 1.165) is 18.2 Å². The van der Waals surface area contributed by atoms with Gasteiger partial charge in [-0.2, -0.15) is 13.2 Å². The van der Waals surface area contributed by atoms with Crippen LogP contribution in [0.2, 0.25) is 5.02 Å². The van der Waals surface area contributed by atoms with Crippen LogP contribution in [0.25, 0.3) is 0 Å². The normalized spacial score (nSPS) is 10.9. The van der Waals surface area contributed by atoms with Gasteiger partial charge in [0.2, 0.25) is 0 Å². The number of alkyl halides is 3. The monoisotopic (exact) mass is 485 g/mol. The van der Waals surface area contributed by atoms with E-state index in [1.54, 1.807) is 6.07 Å². The number of hydrogen-bond acceptors (Lipinski definition) is 2. The largest absolute Gasteiger partial charge is 1.00 e. The number of hydrogen-bond donors (Lipinski definition) is 2. The molecule has 0 spiro atoms. The molecule has 1 aromatic heterocycles. The van der Waals surface area contributed by atoms with Crippen LogP contribution in [0.5, 0.6) is 0 Å². The molecule has 4 nitrogen and oxygen atoms in total. The summed E-state index contributed by atoms with van der Waals surface area (Å²) in [4.78, 5) is 12.2. The van der Waals surface area contributed by atoms with Crippen LogP contribution >= 0.6 is 11.6 Å². The Bertz CT molecular complexity index is 769. The highest BCUT2D eigenvalue weighted by atomic mass is 127. The van der Waals surface area contributed by atoms with Gasteiger partial charge in [0.25, 0.3) is 5.91 Å². The van der Waals surface area contributed by atoms with Gasteiger partial charge in [0.1, 0.15) is 6.54 Å². The Hall–Kier alpha value is -1.55. The summed E-state index contributed by atoms with van der Waals surface area (Å²) >= 11 is 5.69. The Labute approximate surface area is 165 Å². The van der Waals surface area contributed by atoms with Crippen LogP contribution in [0.15, 0.2) is 36.7 Å². The molecule has 0 saturated carbocycles. The minimum atomic E-state index is -4.68. The first-order chi connectivity index (χ1) is 11.2. The van der Waals surface area contributed by atoms with Gasteiger partial charge in [-0.3, -0.25) is 4.79 Å². The van der Waals surface area contributed by atoms with Crippen molar-refractivity contribution >= 4 is 23.2 Å². The number of amides is 1. The van der Waals surface area contributed by atoms with Crippen molar-refractivity contribution in [3.63, 3.8) is 0 Å². The van der Waals surface area contributed by atoms with Crippen LogP contribution in [-0.2, 0) is 19.3 Å². The van der Waals surface area contributed by atoms with Crippen molar-refractivity contribution in [3.8, 4) is 0 Å². The fourth-order valence-corrected chi connectivity index (χ4v) is 2.41. The molecule has 1 aromatic carbocycles. The first kappa shape index (κ1) is 21.5. The lowest BCUT2D eigenvalue weighted by Gasteiger charge is -2.14. The Morgan fingerprint density at radius 1 is 1.36 bits per heavy atom. The molecule has 136 valence electrons. The van der Waals surface area contributed by atoms with E-state index >= 15 is 0 Å². The summed E-state index contributed by atoms with van der Waals surface area (Å²) in [6, 6.07) is 5.45. The van der Waals surface area contributed by atoms with Crippen molar-refractivity contribution in [1.82, 2.24) is 5.32 Å². The molecule has 2 rings (SSSR count). The van der Waals surface area contributed by atoms with Crippen LogP contribution in [0.4, 0.5) is 18.9 Å². The summed E-state index contributed by atoms with van der Waals surface area (Å²) in [7, 11) is 0. The van der Waals surface area contributed by atoms with E-state index in [-0.39, 0.29) is 41.1 Å². The van der Waals surface area contributed by atoms with Crippen molar-refractivity contribution in [2.45, 2.75) is 26.2 Å². The van der Waals surface area contributed by atoms with Crippen molar-refractivity contribution in [2.75, 3.05) is 5.73 Å². The minimum Gasteiger partial charge on any atom is -1.00 e. The number of nitrogen functional groups attached to an aromatic ring is 1. The molecule has 0 saturated heterocycles. The van der Waals surface area contributed by atoms with Crippen LogP contribution in [-0.4, -0.2) is 5.91 Å². The van der Waals surface area contributed by atoms with E-state index < -0.39 is 23.3 Å². The van der Waals surface area contributed by atoms with E-state index in [1.165, 1.54) is 0 Å². The molecule has 0 bridgehead atoms. The van der Waals surface area contributed by atoms with Crippen molar-refractivity contribution < 1.29 is 46.5 Å². The van der Waals surface area contributed by atoms with E-state index in [9.17, 15) is 18.0 Å². The fraction of sp³-hybridized carbons (Fsp3) is 0.250. The smallest absolute Gasteiger partial charge is 0.418 e. The number of nitrogens with two attached hydrogens (primary N) is 1. The zero-order valence-electron chi connectivity index (χ0n) is 13.2. The van der Waals surface area contributed by atoms with Crippen LogP contribution in [0, 0.1) is 0 Å². The van der Waals surface area contributed by atoms with Crippen LogP contribution < -0.4 is 39.6 Å². The first-order valence-corrected chi connectivity index (χ1v) is 7.52. The predicted molar refractivity (Wildman–Crippen MR) is 84.3 cm³/mol. The Morgan fingerprint density at radius 2 is 2.04 bits per heavy atom. The van der Waals surface area contributed by atoms with Crippen LogP contribution in [0.1, 0.15) is 28.4 Å². The van der Waals surface area contributed by atoms with Gasteiger partial charge >= 0.3 is 6.18 Å². The summed E-state index contributed by atoms with van der Waals surface area (Å²) in [6.45, 7) is 2.89. The van der Waals surface area contributed by atoms with Gasteiger partial charge in [0.15, 0.2) is 12.4 Å². The summed E-state index contributed by atoms with van der Waals surface area (Å²) in [5.41, 5.74) is 4.26. The number of benzene rings is 1. The number of rotatable bonds is 4. The fourth-order valence-electron chi connectivity index (χ4n) is 2.20. The SMILES string of the molecule is CC[n+]1cccc(CNC(=O)c2cc(Cl)cc(C(F)(F)F)c2N)c1.[I-]. The molecule has 2 aromatic rings. The van der Waals surface area contributed by atoms with Crippen molar-refractivity contribution in [2.24, 2.45) is 0 Å². The third-order valence-electron chi connectivity index (χ3n) is 3.43. The molecular formula is C16H16ClF3IN3O. The third kappa shape index (κ3) is 5.46. The number of aryl methyl sites for hydroxylation is 1. The summed E-state index contributed by atoms with van der Waals surface area (Å²) in [5, 5.41) is 2.35. The second-order valence-electron chi connectivity index (χ2n) is 5.14. The highest BCUT2D eigenvalue weighted by Crippen LogP contribution is 2.37. The topological polar surface area (TPSA) is 59.0 Å². The summed E-state index contributed by atoms with van der Waals surface area (Å²) in [6.07, 6.45) is -0.977. The molecule has 0 aliphatic carbocycles. The molecule has 1 amide bonds. The highest BCUT2D eigenvalue weighted by molar-refractivity contribution is 6.31. The van der Waals surface area contributed by atoms with Gasteiger partial charge in [-0.15, -0.1) is 0 Å². The summed E-state index contributed by atoms with van der Waals surface area (Å²) < 4.78 is 40.7. The Kier molecular flexibility index (Phi) is 7.48. The molecule has 9 heteroatoms.